The summed E-state index contributed by atoms with van der Waals surface area (Å²) >= 11 is 1.35. The van der Waals surface area contributed by atoms with Crippen molar-refractivity contribution in [1.82, 2.24) is 15.1 Å². The van der Waals surface area contributed by atoms with Crippen molar-refractivity contribution in [3.05, 3.63) is 5.01 Å². The molecule has 0 aliphatic heterocycles. The molecule has 0 radical (unpaired) electrons. The Morgan fingerprint density at radius 3 is 2.83 bits per heavy atom. The van der Waals surface area contributed by atoms with Gasteiger partial charge in [0.05, 0.1) is 0 Å². The molecule has 0 bridgehead atoms. The highest BCUT2D eigenvalue weighted by Gasteiger charge is 2.27. The summed E-state index contributed by atoms with van der Waals surface area (Å²) in [4.78, 5) is 14.1. The van der Waals surface area contributed by atoms with Crippen molar-refractivity contribution in [2.24, 2.45) is 5.92 Å². The van der Waals surface area contributed by atoms with E-state index in [0.717, 1.165) is 31.2 Å². The molecule has 1 N–H and O–H groups in total. The normalized spacial score (nSPS) is 14.6. The molecule has 1 aliphatic carbocycles. The number of hydrogen-bond donors (Lipinski definition) is 1. The summed E-state index contributed by atoms with van der Waals surface area (Å²) in [5, 5.41) is 12.4. The molecule has 1 aromatic rings. The molecule has 1 aromatic heterocycles. The summed E-state index contributed by atoms with van der Waals surface area (Å²) in [5.74, 6) is 0.728. The van der Waals surface area contributed by atoms with Gasteiger partial charge in [-0.05, 0) is 32.1 Å². The lowest BCUT2D eigenvalue weighted by Crippen LogP contribution is -2.32. The molecule has 1 aliphatic rings. The fourth-order valence-corrected chi connectivity index (χ4v) is 2.45. The molecule has 2 rings (SSSR count). The summed E-state index contributed by atoms with van der Waals surface area (Å²) in [6, 6.07) is 0. The number of carbonyl (C=O) groups is 1. The maximum atomic E-state index is 12.2. The Kier molecular flexibility index (Phi) is 4.52. The molecule has 0 aromatic carbocycles. The fraction of sp³-hybridized carbons (Fsp3) is 0.750. The van der Waals surface area contributed by atoms with E-state index in [4.69, 9.17) is 0 Å². The summed E-state index contributed by atoms with van der Waals surface area (Å²) < 4.78 is 0. The Hall–Kier alpha value is -1.17. The molecule has 0 saturated heterocycles. The van der Waals surface area contributed by atoms with E-state index in [1.165, 1.54) is 24.2 Å². The van der Waals surface area contributed by atoms with Gasteiger partial charge < -0.3 is 10.2 Å². The van der Waals surface area contributed by atoms with Gasteiger partial charge in [-0.15, -0.1) is 10.2 Å². The Morgan fingerprint density at radius 2 is 2.22 bits per heavy atom. The van der Waals surface area contributed by atoms with Gasteiger partial charge in [0.1, 0.15) is 0 Å². The van der Waals surface area contributed by atoms with Crippen molar-refractivity contribution >= 4 is 22.4 Å². The minimum absolute atomic E-state index is 0.0199. The number of rotatable bonds is 7. The van der Waals surface area contributed by atoms with Crippen LogP contribution in [0, 0.1) is 5.92 Å². The van der Waals surface area contributed by atoms with Crippen LogP contribution in [0.2, 0.25) is 0 Å². The van der Waals surface area contributed by atoms with Crippen molar-refractivity contribution < 1.29 is 4.79 Å². The van der Waals surface area contributed by atoms with Crippen LogP contribution < -0.4 is 5.32 Å². The molecule has 0 unspecified atom stereocenters. The number of hydrogen-bond acceptors (Lipinski definition) is 5. The molecular weight excluding hydrogens is 248 g/mol. The predicted octanol–water partition coefficient (Wildman–Crippen LogP) is 2.23. The van der Waals surface area contributed by atoms with Crippen LogP contribution in [-0.2, 0) is 0 Å². The van der Waals surface area contributed by atoms with Crippen LogP contribution in [-0.4, -0.2) is 40.6 Å². The van der Waals surface area contributed by atoms with E-state index >= 15 is 0 Å². The standard InChI is InChI=1S/C12H20N4OS/c1-3-7-13-12-15-14-10(18-12)11(17)16(4-2)8-9-5-6-9/h9H,3-8H2,1-2H3,(H,13,15). The zero-order chi connectivity index (χ0) is 13.0. The number of anilines is 1. The minimum Gasteiger partial charge on any atom is -0.360 e. The quantitative estimate of drug-likeness (QED) is 0.824. The van der Waals surface area contributed by atoms with Crippen LogP contribution in [0.4, 0.5) is 5.13 Å². The smallest absolute Gasteiger partial charge is 0.284 e. The highest BCUT2D eigenvalue weighted by atomic mass is 32.1. The first kappa shape index (κ1) is 13.3. The average Bonchev–Trinajstić information content (AvgIpc) is 3.08. The van der Waals surface area contributed by atoms with Gasteiger partial charge in [0.2, 0.25) is 10.1 Å². The second-order valence-electron chi connectivity index (χ2n) is 4.63. The van der Waals surface area contributed by atoms with Crippen molar-refractivity contribution in [3.8, 4) is 0 Å². The predicted molar refractivity (Wildman–Crippen MR) is 73.0 cm³/mol. The monoisotopic (exact) mass is 268 g/mol. The van der Waals surface area contributed by atoms with Crippen molar-refractivity contribution in [2.45, 2.75) is 33.1 Å². The topological polar surface area (TPSA) is 58.1 Å². The number of amides is 1. The van der Waals surface area contributed by atoms with E-state index in [-0.39, 0.29) is 5.91 Å². The first-order chi connectivity index (χ1) is 8.74. The molecular formula is C12H20N4OS. The summed E-state index contributed by atoms with van der Waals surface area (Å²) in [6.07, 6.45) is 3.54. The molecule has 0 atom stereocenters. The Balaban J connectivity index is 1.95. The third-order valence-corrected chi connectivity index (χ3v) is 3.85. The molecule has 1 heterocycles. The number of aromatic nitrogens is 2. The molecule has 1 fully saturated rings. The lowest BCUT2D eigenvalue weighted by molar-refractivity contribution is 0.0755. The van der Waals surface area contributed by atoms with Crippen LogP contribution in [0.1, 0.15) is 42.9 Å². The largest absolute Gasteiger partial charge is 0.360 e. The van der Waals surface area contributed by atoms with E-state index < -0.39 is 0 Å². The van der Waals surface area contributed by atoms with Crippen LogP contribution in [0.15, 0.2) is 0 Å². The van der Waals surface area contributed by atoms with E-state index in [2.05, 4.69) is 22.4 Å². The van der Waals surface area contributed by atoms with Crippen LogP contribution in [0.3, 0.4) is 0 Å². The van der Waals surface area contributed by atoms with Gasteiger partial charge in [0, 0.05) is 19.6 Å². The van der Waals surface area contributed by atoms with Crippen molar-refractivity contribution in [1.29, 1.82) is 0 Å². The zero-order valence-corrected chi connectivity index (χ0v) is 11.8. The lowest BCUT2D eigenvalue weighted by atomic mass is 10.3. The zero-order valence-electron chi connectivity index (χ0n) is 11.0. The third-order valence-electron chi connectivity index (χ3n) is 2.98. The summed E-state index contributed by atoms with van der Waals surface area (Å²) in [5.41, 5.74) is 0. The number of nitrogens with zero attached hydrogens (tertiary/aromatic N) is 3. The Bertz CT molecular complexity index is 403. The van der Waals surface area contributed by atoms with Gasteiger partial charge in [0.25, 0.3) is 5.91 Å². The van der Waals surface area contributed by atoms with Crippen LogP contribution >= 0.6 is 11.3 Å². The van der Waals surface area contributed by atoms with Crippen LogP contribution in [0.25, 0.3) is 0 Å². The highest BCUT2D eigenvalue weighted by Crippen LogP contribution is 2.30. The molecule has 18 heavy (non-hydrogen) atoms. The number of carbonyl (C=O) groups excluding carboxylic acids is 1. The average molecular weight is 268 g/mol. The fourth-order valence-electron chi connectivity index (χ4n) is 1.72. The lowest BCUT2D eigenvalue weighted by Gasteiger charge is -2.18. The molecule has 100 valence electrons. The van der Waals surface area contributed by atoms with Gasteiger partial charge in [-0.25, -0.2) is 0 Å². The Labute approximate surface area is 112 Å². The van der Waals surface area contributed by atoms with Gasteiger partial charge in [-0.2, -0.15) is 0 Å². The molecule has 5 nitrogen and oxygen atoms in total. The first-order valence-corrected chi connectivity index (χ1v) is 7.42. The minimum atomic E-state index is 0.0199. The van der Waals surface area contributed by atoms with Crippen molar-refractivity contribution in [2.75, 3.05) is 25.0 Å². The molecule has 1 saturated carbocycles. The molecule has 0 spiro atoms. The van der Waals surface area contributed by atoms with Crippen molar-refractivity contribution in [3.63, 3.8) is 0 Å². The second kappa shape index (κ2) is 6.13. The van der Waals surface area contributed by atoms with Gasteiger partial charge in [0.15, 0.2) is 0 Å². The third kappa shape index (κ3) is 3.41. The van der Waals surface area contributed by atoms with Crippen LogP contribution in [0.5, 0.6) is 0 Å². The van der Waals surface area contributed by atoms with E-state index in [1.54, 1.807) is 0 Å². The van der Waals surface area contributed by atoms with E-state index in [1.807, 2.05) is 11.8 Å². The van der Waals surface area contributed by atoms with E-state index in [0.29, 0.717) is 10.9 Å². The van der Waals surface area contributed by atoms with Gasteiger partial charge in [-0.1, -0.05) is 18.3 Å². The maximum absolute atomic E-state index is 12.2. The molecule has 1 amide bonds. The maximum Gasteiger partial charge on any atom is 0.284 e. The van der Waals surface area contributed by atoms with Gasteiger partial charge in [-0.3, -0.25) is 4.79 Å². The molecule has 6 heteroatoms. The summed E-state index contributed by atoms with van der Waals surface area (Å²) in [7, 11) is 0. The highest BCUT2D eigenvalue weighted by molar-refractivity contribution is 7.17. The van der Waals surface area contributed by atoms with Gasteiger partial charge >= 0.3 is 0 Å². The second-order valence-corrected chi connectivity index (χ2v) is 5.60. The first-order valence-electron chi connectivity index (χ1n) is 6.61. The SMILES string of the molecule is CCCNc1nnc(C(=O)N(CC)CC2CC2)s1. The number of nitrogens with one attached hydrogen (secondary N) is 1. The Morgan fingerprint density at radius 1 is 1.44 bits per heavy atom. The van der Waals surface area contributed by atoms with E-state index in [9.17, 15) is 4.79 Å². The summed E-state index contributed by atoms with van der Waals surface area (Å²) in [6.45, 7) is 6.58.